The quantitative estimate of drug-likeness (QED) is 0.248. The van der Waals surface area contributed by atoms with E-state index in [1.807, 2.05) is 42.5 Å². The molecule has 5 heteroatoms. The van der Waals surface area contributed by atoms with Crippen molar-refractivity contribution in [2.75, 3.05) is 12.4 Å². The Labute approximate surface area is 181 Å². The standard InChI is InChI=1S/C26H23N3O2/c1-31-20-12-9-18(10-13-20)23-15-22-19(16-27-30)6-4-8-24(22)28-26(23)29-25-14-11-17-5-2-3-7-21(17)25/h2-10,12-13,15-16,25,30H,11,14H2,1H3,(H,28,29)/t25-/m1/s1. The van der Waals surface area contributed by atoms with E-state index < -0.39 is 0 Å². The summed E-state index contributed by atoms with van der Waals surface area (Å²) >= 11 is 0. The van der Waals surface area contributed by atoms with Gasteiger partial charge in [-0.25, -0.2) is 4.98 Å². The number of anilines is 1. The molecule has 31 heavy (non-hydrogen) atoms. The van der Waals surface area contributed by atoms with Gasteiger partial charge in [0.2, 0.25) is 0 Å². The number of nitrogens with zero attached hydrogens (tertiary/aromatic N) is 2. The normalized spacial score (nSPS) is 15.3. The number of aromatic nitrogens is 1. The van der Waals surface area contributed by atoms with Crippen molar-refractivity contribution in [3.05, 3.63) is 89.5 Å². The van der Waals surface area contributed by atoms with E-state index in [1.54, 1.807) is 7.11 Å². The highest BCUT2D eigenvalue weighted by Gasteiger charge is 2.23. The minimum absolute atomic E-state index is 0.223. The molecule has 1 aliphatic carbocycles. The van der Waals surface area contributed by atoms with Crippen molar-refractivity contribution in [1.29, 1.82) is 0 Å². The molecule has 0 spiro atoms. The number of oxime groups is 1. The molecule has 1 heterocycles. The van der Waals surface area contributed by atoms with Crippen LogP contribution in [0.4, 0.5) is 5.82 Å². The zero-order valence-electron chi connectivity index (χ0n) is 17.2. The van der Waals surface area contributed by atoms with Crippen molar-refractivity contribution in [2.45, 2.75) is 18.9 Å². The van der Waals surface area contributed by atoms with E-state index in [0.717, 1.165) is 52.0 Å². The van der Waals surface area contributed by atoms with E-state index in [2.05, 4.69) is 40.8 Å². The highest BCUT2D eigenvalue weighted by molar-refractivity contribution is 6.01. The van der Waals surface area contributed by atoms with Gasteiger partial charge in [0.25, 0.3) is 0 Å². The van der Waals surface area contributed by atoms with Crippen LogP contribution in [-0.4, -0.2) is 23.5 Å². The van der Waals surface area contributed by atoms with Crippen LogP contribution in [-0.2, 0) is 6.42 Å². The Kier molecular flexibility index (Phi) is 5.00. The van der Waals surface area contributed by atoms with Crippen LogP contribution in [0.25, 0.3) is 22.0 Å². The Morgan fingerprint density at radius 2 is 1.90 bits per heavy atom. The van der Waals surface area contributed by atoms with E-state index in [9.17, 15) is 0 Å². The summed E-state index contributed by atoms with van der Waals surface area (Å²) < 4.78 is 5.33. The predicted octanol–water partition coefficient (Wildman–Crippen LogP) is 5.82. The third kappa shape index (κ3) is 3.59. The Balaban J connectivity index is 1.65. The molecule has 0 saturated heterocycles. The molecule has 0 aliphatic heterocycles. The molecule has 3 aromatic carbocycles. The zero-order chi connectivity index (χ0) is 21.2. The maximum absolute atomic E-state index is 9.08. The number of rotatable bonds is 5. The molecular formula is C26H23N3O2. The van der Waals surface area contributed by atoms with Crippen molar-refractivity contribution < 1.29 is 9.94 Å². The van der Waals surface area contributed by atoms with Crippen molar-refractivity contribution in [3.63, 3.8) is 0 Å². The highest BCUT2D eigenvalue weighted by atomic mass is 16.5. The molecule has 5 rings (SSSR count). The lowest BCUT2D eigenvalue weighted by molar-refractivity contribution is 0.322. The van der Waals surface area contributed by atoms with Gasteiger partial charge in [-0.15, -0.1) is 0 Å². The van der Waals surface area contributed by atoms with Gasteiger partial charge in [-0.1, -0.05) is 53.7 Å². The van der Waals surface area contributed by atoms with Crippen LogP contribution in [0.5, 0.6) is 5.75 Å². The predicted molar refractivity (Wildman–Crippen MR) is 124 cm³/mol. The average Bonchev–Trinajstić information content (AvgIpc) is 3.22. The summed E-state index contributed by atoms with van der Waals surface area (Å²) in [6.07, 6.45) is 3.55. The summed E-state index contributed by atoms with van der Waals surface area (Å²) in [4.78, 5) is 4.99. The molecule has 0 unspecified atom stereocenters. The number of aryl methyl sites for hydroxylation is 1. The molecule has 4 aromatic rings. The van der Waals surface area contributed by atoms with E-state index in [4.69, 9.17) is 14.9 Å². The summed E-state index contributed by atoms with van der Waals surface area (Å²) in [6.45, 7) is 0. The van der Waals surface area contributed by atoms with Crippen molar-refractivity contribution in [2.24, 2.45) is 5.16 Å². The summed E-state index contributed by atoms with van der Waals surface area (Å²) in [5.41, 5.74) is 6.45. The van der Waals surface area contributed by atoms with Crippen LogP contribution >= 0.6 is 0 Å². The minimum atomic E-state index is 0.223. The number of fused-ring (bicyclic) bond motifs is 2. The molecule has 1 aliphatic rings. The number of pyridine rings is 1. The number of nitrogens with one attached hydrogen (secondary N) is 1. The maximum atomic E-state index is 9.08. The summed E-state index contributed by atoms with van der Waals surface area (Å²) in [5, 5.41) is 17.0. The summed E-state index contributed by atoms with van der Waals surface area (Å²) in [5.74, 6) is 1.65. The molecule has 0 saturated carbocycles. The van der Waals surface area contributed by atoms with Crippen LogP contribution in [0.3, 0.4) is 0 Å². The Morgan fingerprint density at radius 3 is 2.71 bits per heavy atom. The van der Waals surface area contributed by atoms with Gasteiger partial charge >= 0.3 is 0 Å². The summed E-state index contributed by atoms with van der Waals surface area (Å²) in [7, 11) is 1.66. The average molecular weight is 409 g/mol. The van der Waals surface area contributed by atoms with E-state index in [-0.39, 0.29) is 6.04 Å². The van der Waals surface area contributed by atoms with Crippen molar-refractivity contribution in [1.82, 2.24) is 4.98 Å². The van der Waals surface area contributed by atoms with Crippen LogP contribution in [0.1, 0.15) is 29.2 Å². The Bertz CT molecular complexity index is 1270. The number of hydrogen-bond donors (Lipinski definition) is 2. The zero-order valence-corrected chi connectivity index (χ0v) is 17.2. The monoisotopic (exact) mass is 409 g/mol. The third-order valence-electron chi connectivity index (χ3n) is 5.93. The molecule has 0 radical (unpaired) electrons. The lowest BCUT2D eigenvalue weighted by Gasteiger charge is -2.19. The van der Waals surface area contributed by atoms with Gasteiger partial charge in [0.1, 0.15) is 11.6 Å². The first-order chi connectivity index (χ1) is 15.3. The van der Waals surface area contributed by atoms with Gasteiger partial charge in [-0.2, -0.15) is 0 Å². The SMILES string of the molecule is COc1ccc(-c2cc3c(C=NO)cccc3nc2N[C@@H]2CCc3ccccc32)cc1. The minimum Gasteiger partial charge on any atom is -0.497 e. The molecule has 0 bridgehead atoms. The topological polar surface area (TPSA) is 66.7 Å². The lowest BCUT2D eigenvalue weighted by Crippen LogP contribution is -2.10. The van der Waals surface area contributed by atoms with Crippen molar-refractivity contribution in [3.8, 4) is 16.9 Å². The van der Waals surface area contributed by atoms with E-state index in [1.165, 1.54) is 17.3 Å². The van der Waals surface area contributed by atoms with E-state index in [0.29, 0.717) is 0 Å². The third-order valence-corrected chi connectivity index (χ3v) is 5.93. The number of benzene rings is 3. The van der Waals surface area contributed by atoms with Crippen LogP contribution in [0.15, 0.2) is 78.0 Å². The maximum Gasteiger partial charge on any atom is 0.135 e. The first-order valence-corrected chi connectivity index (χ1v) is 10.4. The van der Waals surface area contributed by atoms with Gasteiger partial charge in [0.15, 0.2) is 0 Å². The fraction of sp³-hybridized carbons (Fsp3) is 0.154. The molecule has 2 N–H and O–H groups in total. The first kappa shape index (κ1) is 19.1. The molecule has 1 aromatic heterocycles. The number of hydrogen-bond acceptors (Lipinski definition) is 5. The number of ether oxygens (including phenoxy) is 1. The second kappa shape index (κ2) is 8.11. The van der Waals surface area contributed by atoms with Crippen LogP contribution in [0.2, 0.25) is 0 Å². The smallest absolute Gasteiger partial charge is 0.135 e. The van der Waals surface area contributed by atoms with E-state index >= 15 is 0 Å². The molecule has 154 valence electrons. The fourth-order valence-corrected chi connectivity index (χ4v) is 4.37. The van der Waals surface area contributed by atoms with Gasteiger partial charge < -0.3 is 15.3 Å². The first-order valence-electron chi connectivity index (χ1n) is 10.4. The molecular weight excluding hydrogens is 386 g/mol. The fourth-order valence-electron chi connectivity index (χ4n) is 4.37. The molecule has 5 nitrogen and oxygen atoms in total. The van der Waals surface area contributed by atoms with Gasteiger partial charge in [0, 0.05) is 16.5 Å². The highest BCUT2D eigenvalue weighted by Crippen LogP contribution is 2.38. The van der Waals surface area contributed by atoms with Gasteiger partial charge in [-0.3, -0.25) is 0 Å². The largest absolute Gasteiger partial charge is 0.497 e. The van der Waals surface area contributed by atoms with Crippen LogP contribution < -0.4 is 10.1 Å². The second-order valence-corrected chi connectivity index (χ2v) is 7.71. The Morgan fingerprint density at radius 1 is 1.06 bits per heavy atom. The van der Waals surface area contributed by atoms with Gasteiger partial charge in [-0.05, 0) is 53.8 Å². The Hall–Kier alpha value is -3.86. The molecule has 1 atom stereocenters. The molecule has 0 amide bonds. The summed E-state index contributed by atoms with van der Waals surface area (Å²) in [6, 6.07) is 24.7. The molecule has 0 fully saturated rings. The second-order valence-electron chi connectivity index (χ2n) is 7.71. The van der Waals surface area contributed by atoms with Gasteiger partial charge in [0.05, 0.1) is 24.9 Å². The lowest BCUT2D eigenvalue weighted by atomic mass is 10.0. The van der Waals surface area contributed by atoms with Crippen LogP contribution in [0, 0.1) is 0 Å². The number of methoxy groups -OCH3 is 1. The van der Waals surface area contributed by atoms with Crippen molar-refractivity contribution >= 4 is 22.9 Å².